The highest BCUT2D eigenvalue weighted by molar-refractivity contribution is 7.99. The van der Waals surface area contributed by atoms with Crippen LogP contribution >= 0.6 is 23.1 Å². The van der Waals surface area contributed by atoms with Gasteiger partial charge in [0.15, 0.2) is 0 Å². The molecule has 0 amide bonds. The zero-order valence-corrected chi connectivity index (χ0v) is 11.1. The second-order valence-corrected chi connectivity index (χ2v) is 6.46. The first-order chi connectivity index (χ1) is 7.70. The maximum absolute atomic E-state index is 10.3. The fraction of sp³-hybridized carbons (Fsp3) is 0.727. The van der Waals surface area contributed by atoms with Gasteiger partial charge >= 0.3 is 0 Å². The van der Waals surface area contributed by atoms with Crippen LogP contribution in [0.25, 0.3) is 0 Å². The van der Waals surface area contributed by atoms with Gasteiger partial charge in [-0.1, -0.05) is 0 Å². The minimum atomic E-state index is -0.503. The van der Waals surface area contributed by atoms with Crippen molar-refractivity contribution in [3.63, 3.8) is 0 Å². The van der Waals surface area contributed by atoms with E-state index in [0.717, 1.165) is 29.4 Å². The van der Waals surface area contributed by atoms with Crippen molar-refractivity contribution >= 4 is 23.1 Å². The third-order valence-electron chi connectivity index (χ3n) is 2.98. The number of nitrogens with one attached hydrogen (secondary N) is 1. The molecule has 0 saturated carbocycles. The molecule has 0 spiro atoms. The average molecular weight is 258 g/mol. The Morgan fingerprint density at radius 1 is 1.56 bits per heavy atom. The summed E-state index contributed by atoms with van der Waals surface area (Å²) in [6, 6.07) is 0.235. The Hall–Kier alpha value is -0.100. The maximum Gasteiger partial charge on any atom is 0.109 e. The molecular weight excluding hydrogens is 240 g/mol. The highest BCUT2D eigenvalue weighted by Crippen LogP contribution is 2.27. The highest BCUT2D eigenvalue weighted by Gasteiger charge is 2.29. The van der Waals surface area contributed by atoms with Crippen LogP contribution in [0.1, 0.15) is 30.8 Å². The first-order valence-electron chi connectivity index (χ1n) is 5.62. The molecule has 0 radical (unpaired) electrons. The van der Waals surface area contributed by atoms with E-state index >= 15 is 0 Å². The summed E-state index contributed by atoms with van der Waals surface area (Å²) in [5.41, 5.74) is -0.503. The molecule has 1 atom stereocenters. The maximum atomic E-state index is 10.3. The smallest absolute Gasteiger partial charge is 0.109 e. The van der Waals surface area contributed by atoms with E-state index in [0.29, 0.717) is 6.54 Å². The molecule has 1 aliphatic rings. The van der Waals surface area contributed by atoms with E-state index in [4.69, 9.17) is 0 Å². The molecule has 2 rings (SSSR count). The molecule has 1 unspecified atom stereocenters. The van der Waals surface area contributed by atoms with Gasteiger partial charge in [0.1, 0.15) is 5.01 Å². The van der Waals surface area contributed by atoms with Gasteiger partial charge in [0.25, 0.3) is 0 Å². The standard InChI is InChI=1S/C11H18N2OS2/c1-9(10-12-4-7-16-10)13-8-11(14)2-5-15-6-3-11/h4,7,9,13-14H,2-3,5-6,8H2,1H3. The lowest BCUT2D eigenvalue weighted by Gasteiger charge is -2.32. The second-order valence-electron chi connectivity index (χ2n) is 4.31. The molecule has 2 heterocycles. The van der Waals surface area contributed by atoms with Crippen molar-refractivity contribution < 1.29 is 5.11 Å². The number of thiazole rings is 1. The van der Waals surface area contributed by atoms with Gasteiger partial charge in [0.05, 0.1) is 11.6 Å². The fourth-order valence-electron chi connectivity index (χ4n) is 1.81. The van der Waals surface area contributed by atoms with E-state index in [2.05, 4.69) is 17.2 Å². The van der Waals surface area contributed by atoms with Crippen molar-refractivity contribution in [3.8, 4) is 0 Å². The zero-order chi connectivity index (χ0) is 11.4. The first kappa shape index (κ1) is 12.4. The number of nitrogens with zero attached hydrogens (tertiary/aromatic N) is 1. The summed E-state index contributed by atoms with van der Waals surface area (Å²) >= 11 is 3.59. The van der Waals surface area contributed by atoms with Gasteiger partial charge in [-0.2, -0.15) is 11.8 Å². The number of aliphatic hydroxyl groups is 1. The summed E-state index contributed by atoms with van der Waals surface area (Å²) in [6.45, 7) is 2.77. The molecule has 90 valence electrons. The van der Waals surface area contributed by atoms with Gasteiger partial charge in [-0.05, 0) is 31.3 Å². The molecule has 1 aromatic heterocycles. The van der Waals surface area contributed by atoms with E-state index in [9.17, 15) is 5.11 Å². The summed E-state index contributed by atoms with van der Waals surface area (Å²) in [5, 5.41) is 16.8. The van der Waals surface area contributed by atoms with Crippen LogP contribution in [-0.4, -0.2) is 33.7 Å². The Morgan fingerprint density at radius 2 is 2.31 bits per heavy atom. The van der Waals surface area contributed by atoms with Gasteiger partial charge in [0.2, 0.25) is 0 Å². The van der Waals surface area contributed by atoms with Crippen molar-refractivity contribution in [2.24, 2.45) is 0 Å². The predicted molar refractivity (Wildman–Crippen MR) is 70.0 cm³/mol. The molecule has 2 N–H and O–H groups in total. The summed E-state index contributed by atoms with van der Waals surface area (Å²) in [6.07, 6.45) is 3.62. The Labute approximate surface area is 105 Å². The van der Waals surface area contributed by atoms with E-state index in [1.165, 1.54) is 0 Å². The van der Waals surface area contributed by atoms with Crippen LogP contribution in [-0.2, 0) is 0 Å². The quantitative estimate of drug-likeness (QED) is 0.867. The average Bonchev–Trinajstić information content (AvgIpc) is 2.80. The lowest BCUT2D eigenvalue weighted by atomic mass is 9.96. The third kappa shape index (κ3) is 3.20. The Kier molecular flexibility index (Phi) is 4.24. The Morgan fingerprint density at radius 3 is 2.94 bits per heavy atom. The number of hydrogen-bond donors (Lipinski definition) is 2. The first-order valence-corrected chi connectivity index (χ1v) is 7.66. The SMILES string of the molecule is CC(NCC1(O)CCSCC1)c1nccs1. The van der Waals surface area contributed by atoms with E-state index in [-0.39, 0.29) is 6.04 Å². The molecule has 0 aromatic carbocycles. The predicted octanol–water partition coefficient (Wildman–Crippen LogP) is 2.05. The highest BCUT2D eigenvalue weighted by atomic mass is 32.2. The third-order valence-corrected chi connectivity index (χ3v) is 4.93. The molecule has 5 heteroatoms. The molecule has 0 bridgehead atoms. The summed E-state index contributed by atoms with van der Waals surface area (Å²) in [5.74, 6) is 2.15. The summed E-state index contributed by atoms with van der Waals surface area (Å²) in [7, 11) is 0. The minimum Gasteiger partial charge on any atom is -0.389 e. The Balaban J connectivity index is 1.82. The molecule has 1 saturated heterocycles. The number of thioether (sulfide) groups is 1. The van der Waals surface area contributed by atoms with Crippen molar-refractivity contribution in [3.05, 3.63) is 16.6 Å². The van der Waals surface area contributed by atoms with E-state index < -0.39 is 5.60 Å². The second kappa shape index (κ2) is 5.49. The normalized spacial score (nSPS) is 21.9. The molecule has 1 fully saturated rings. The molecule has 16 heavy (non-hydrogen) atoms. The van der Waals surface area contributed by atoms with Gasteiger partial charge in [0, 0.05) is 18.1 Å². The Bertz CT molecular complexity index is 310. The van der Waals surface area contributed by atoms with Crippen molar-refractivity contribution in [1.29, 1.82) is 0 Å². The summed E-state index contributed by atoms with van der Waals surface area (Å²) < 4.78 is 0. The van der Waals surface area contributed by atoms with Crippen LogP contribution in [0.5, 0.6) is 0 Å². The van der Waals surface area contributed by atoms with Crippen molar-refractivity contribution in [2.75, 3.05) is 18.1 Å². The zero-order valence-electron chi connectivity index (χ0n) is 9.48. The molecule has 1 aliphatic heterocycles. The number of rotatable bonds is 4. The van der Waals surface area contributed by atoms with E-state index in [1.807, 2.05) is 23.3 Å². The lowest BCUT2D eigenvalue weighted by molar-refractivity contribution is 0.0300. The number of hydrogen-bond acceptors (Lipinski definition) is 5. The van der Waals surface area contributed by atoms with Gasteiger partial charge in [-0.3, -0.25) is 0 Å². The van der Waals surface area contributed by atoms with E-state index in [1.54, 1.807) is 11.3 Å². The fourth-order valence-corrected chi connectivity index (χ4v) is 3.73. The van der Waals surface area contributed by atoms with Crippen molar-refractivity contribution in [1.82, 2.24) is 10.3 Å². The summed E-state index contributed by atoms with van der Waals surface area (Å²) in [4.78, 5) is 4.27. The van der Waals surface area contributed by atoms with Gasteiger partial charge < -0.3 is 10.4 Å². The largest absolute Gasteiger partial charge is 0.389 e. The van der Waals surface area contributed by atoms with Crippen LogP contribution in [0.15, 0.2) is 11.6 Å². The van der Waals surface area contributed by atoms with Crippen LogP contribution in [0, 0.1) is 0 Å². The molecular formula is C11H18N2OS2. The van der Waals surface area contributed by atoms with Crippen LogP contribution in [0.2, 0.25) is 0 Å². The molecule has 1 aromatic rings. The molecule has 3 nitrogen and oxygen atoms in total. The van der Waals surface area contributed by atoms with Crippen LogP contribution in [0.4, 0.5) is 0 Å². The monoisotopic (exact) mass is 258 g/mol. The van der Waals surface area contributed by atoms with Crippen molar-refractivity contribution in [2.45, 2.75) is 31.4 Å². The van der Waals surface area contributed by atoms with Crippen LogP contribution in [0.3, 0.4) is 0 Å². The lowest BCUT2D eigenvalue weighted by Crippen LogP contribution is -2.44. The molecule has 0 aliphatic carbocycles. The van der Waals surface area contributed by atoms with Gasteiger partial charge in [-0.25, -0.2) is 4.98 Å². The minimum absolute atomic E-state index is 0.235. The number of aromatic nitrogens is 1. The topological polar surface area (TPSA) is 45.1 Å². The van der Waals surface area contributed by atoms with Crippen LogP contribution < -0.4 is 5.32 Å². The van der Waals surface area contributed by atoms with Gasteiger partial charge in [-0.15, -0.1) is 11.3 Å².